The van der Waals surface area contributed by atoms with E-state index in [2.05, 4.69) is 132 Å². The molecule has 0 atom stereocenters. The zero-order valence-corrected chi connectivity index (χ0v) is 27.7. The molecule has 0 bridgehead atoms. The summed E-state index contributed by atoms with van der Waals surface area (Å²) in [6, 6.07) is 17.9. The Hall–Kier alpha value is -1.13. The summed E-state index contributed by atoms with van der Waals surface area (Å²) in [7, 11) is 22.7. The first-order valence-electron chi connectivity index (χ1n) is 11.1. The summed E-state index contributed by atoms with van der Waals surface area (Å²) in [6.45, 7) is 3.29. The first-order valence-corrected chi connectivity index (χ1v) is 18.9. The SMILES string of the molecule is CC[N+](C)(C)c1ccc(C(=C2C=CC(=[N+](C)C)C=C2)c2ccc(N(C)C)cc2)cc1.[Cl-].[Cl-].[Cl][Zn][Cl]. The fourth-order valence-electron chi connectivity index (χ4n) is 3.57. The molecule has 0 saturated carbocycles. The number of nitrogens with zero attached hydrogens (tertiary/aromatic N) is 3. The third-order valence-corrected chi connectivity index (χ3v) is 5.99. The van der Waals surface area contributed by atoms with Crippen molar-refractivity contribution in [3.05, 3.63) is 89.5 Å². The normalized spacial score (nSPS) is 11.9. The molecular weight excluding hydrogens is 574 g/mol. The number of halogens is 4. The van der Waals surface area contributed by atoms with Crippen LogP contribution in [0.1, 0.15) is 18.1 Å². The Labute approximate surface area is 239 Å². The zero-order chi connectivity index (χ0) is 24.6. The van der Waals surface area contributed by atoms with Gasteiger partial charge in [-0.2, -0.15) is 0 Å². The summed E-state index contributed by atoms with van der Waals surface area (Å²) < 4.78 is 3.01. The van der Waals surface area contributed by atoms with E-state index in [0.29, 0.717) is 0 Å². The molecule has 35 heavy (non-hydrogen) atoms. The van der Waals surface area contributed by atoms with E-state index in [1.54, 1.807) is 0 Å². The molecule has 0 spiro atoms. The number of rotatable bonds is 5. The summed E-state index contributed by atoms with van der Waals surface area (Å²) >= 11 is -0.931. The van der Waals surface area contributed by atoms with Gasteiger partial charge in [0, 0.05) is 31.9 Å². The summed E-state index contributed by atoms with van der Waals surface area (Å²) in [5.74, 6) is 0. The predicted octanol–water partition coefficient (Wildman–Crippen LogP) is 0.365. The van der Waals surface area contributed by atoms with E-state index in [-0.39, 0.29) is 24.8 Å². The van der Waals surface area contributed by atoms with E-state index in [0.717, 1.165) is 11.0 Å². The molecule has 0 unspecified atom stereocenters. The van der Waals surface area contributed by atoms with Crippen LogP contribution in [0, 0.1) is 0 Å². The van der Waals surface area contributed by atoms with E-state index in [1.807, 2.05) is 0 Å². The summed E-state index contributed by atoms with van der Waals surface area (Å²) in [5.41, 5.74) is 8.71. The first kappa shape index (κ1) is 33.9. The van der Waals surface area contributed by atoms with Gasteiger partial charge in [-0.15, -0.1) is 0 Å². The molecule has 2 aromatic carbocycles. The van der Waals surface area contributed by atoms with Crippen molar-refractivity contribution in [1.29, 1.82) is 0 Å². The van der Waals surface area contributed by atoms with Gasteiger partial charge in [-0.25, -0.2) is 4.58 Å². The van der Waals surface area contributed by atoms with Gasteiger partial charge in [0.2, 0.25) is 0 Å². The van der Waals surface area contributed by atoms with Gasteiger partial charge >= 0.3 is 34.5 Å². The van der Waals surface area contributed by atoms with E-state index in [4.69, 9.17) is 19.4 Å². The van der Waals surface area contributed by atoms with Gasteiger partial charge < -0.3 is 29.7 Å². The molecule has 3 nitrogen and oxygen atoms in total. The molecule has 1 aliphatic rings. The van der Waals surface area contributed by atoms with Crippen molar-refractivity contribution in [2.24, 2.45) is 0 Å². The molecule has 3 rings (SSSR count). The fraction of sp³-hybridized carbons (Fsp3) is 0.296. The maximum atomic E-state index is 4.95. The summed E-state index contributed by atoms with van der Waals surface area (Å²) in [5, 5.41) is 0. The van der Waals surface area contributed by atoms with Crippen molar-refractivity contribution in [2.75, 3.05) is 53.7 Å². The Morgan fingerprint density at radius 1 is 0.829 bits per heavy atom. The predicted molar refractivity (Wildman–Crippen MR) is 145 cm³/mol. The molecule has 0 aliphatic heterocycles. The molecule has 0 aromatic heterocycles. The van der Waals surface area contributed by atoms with E-state index in [9.17, 15) is 0 Å². The second kappa shape index (κ2) is 15.9. The van der Waals surface area contributed by atoms with Crippen LogP contribution in [0.2, 0.25) is 0 Å². The topological polar surface area (TPSA) is 6.25 Å². The van der Waals surface area contributed by atoms with E-state index in [1.165, 1.54) is 39.4 Å². The van der Waals surface area contributed by atoms with Crippen molar-refractivity contribution in [2.45, 2.75) is 6.92 Å². The molecule has 0 N–H and O–H groups in total. The van der Waals surface area contributed by atoms with E-state index < -0.39 is 15.1 Å². The molecule has 1 aliphatic carbocycles. The van der Waals surface area contributed by atoms with Gasteiger partial charge in [-0.1, -0.05) is 12.1 Å². The third-order valence-electron chi connectivity index (χ3n) is 5.99. The van der Waals surface area contributed by atoms with Gasteiger partial charge in [0.25, 0.3) is 0 Å². The van der Waals surface area contributed by atoms with Gasteiger partial charge in [-0.3, -0.25) is 4.48 Å². The molecule has 0 radical (unpaired) electrons. The number of quaternary nitrogens is 1. The second-order valence-corrected chi connectivity index (χ2v) is 13.5. The van der Waals surface area contributed by atoms with Crippen molar-refractivity contribution < 1.29 is 44.5 Å². The van der Waals surface area contributed by atoms with Crippen LogP contribution in [0.3, 0.4) is 0 Å². The van der Waals surface area contributed by atoms with Crippen molar-refractivity contribution in [3.8, 4) is 0 Å². The molecule has 188 valence electrons. The van der Waals surface area contributed by atoms with Crippen LogP contribution in [0.15, 0.2) is 78.4 Å². The van der Waals surface area contributed by atoms with Crippen LogP contribution in [0.4, 0.5) is 11.4 Å². The Balaban J connectivity index is 0.00000220. The monoisotopic (exact) mass is 605 g/mol. The average Bonchev–Trinajstić information content (AvgIpc) is 2.81. The van der Waals surface area contributed by atoms with Crippen LogP contribution in [-0.4, -0.2) is 59.1 Å². The van der Waals surface area contributed by atoms with Gasteiger partial charge in [-0.05, 0) is 77.7 Å². The minimum atomic E-state index is -0.931. The Kier molecular flexibility index (Phi) is 15.4. The maximum absolute atomic E-state index is 4.95. The second-order valence-electron chi connectivity index (χ2n) is 8.91. The molecule has 0 fully saturated rings. The number of allylic oxidation sites excluding steroid dienone is 5. The quantitative estimate of drug-likeness (QED) is 0.270. The standard InChI is InChI=1S/C27H35N3.4ClH.Zn/c1-8-30(6,7)26-19-13-23(14-20-26)27(21-9-15-24(16-10-21)28(2)3)22-11-17-25(18-12-22)29(4)5;;;;;/h9-20H,8H2,1-7H3;4*1H;/q+2;;;;;+2/p-4. The number of benzene rings is 2. The minimum absolute atomic E-state index is 0. The van der Waals surface area contributed by atoms with Gasteiger partial charge in [0.05, 0.1) is 20.6 Å². The molecule has 0 heterocycles. The van der Waals surface area contributed by atoms with Crippen LogP contribution >= 0.6 is 19.4 Å². The van der Waals surface area contributed by atoms with Crippen LogP contribution in [-0.2, 0) is 15.1 Å². The van der Waals surface area contributed by atoms with Gasteiger partial charge in [0.1, 0.15) is 19.8 Å². The Morgan fingerprint density at radius 3 is 1.63 bits per heavy atom. The Bertz CT molecular complexity index is 1030. The molecule has 0 amide bonds. The van der Waals surface area contributed by atoms with Crippen molar-refractivity contribution >= 4 is 42.0 Å². The van der Waals surface area contributed by atoms with Crippen LogP contribution in [0.25, 0.3) is 5.57 Å². The van der Waals surface area contributed by atoms with Crippen molar-refractivity contribution in [1.82, 2.24) is 4.48 Å². The summed E-state index contributed by atoms with van der Waals surface area (Å²) in [4.78, 5) is 2.13. The van der Waals surface area contributed by atoms with Crippen LogP contribution < -0.4 is 34.2 Å². The third kappa shape index (κ3) is 9.36. The molecular formula is C27H35Cl4N3Zn. The van der Waals surface area contributed by atoms with Crippen molar-refractivity contribution in [3.63, 3.8) is 0 Å². The van der Waals surface area contributed by atoms with Gasteiger partial charge in [0.15, 0.2) is 5.71 Å². The zero-order valence-electron chi connectivity index (χ0n) is 21.7. The average molecular weight is 609 g/mol. The number of hydrogen-bond donors (Lipinski definition) is 0. The molecule has 2 aromatic rings. The summed E-state index contributed by atoms with van der Waals surface area (Å²) in [6.07, 6.45) is 8.83. The van der Waals surface area contributed by atoms with E-state index >= 15 is 0 Å². The number of hydrogen-bond acceptors (Lipinski definition) is 1. The molecule has 8 heteroatoms. The Morgan fingerprint density at radius 2 is 1.26 bits per heavy atom. The number of anilines is 1. The first-order chi connectivity index (χ1) is 15.6. The fourth-order valence-corrected chi connectivity index (χ4v) is 3.57. The molecule has 0 saturated heterocycles. The van der Waals surface area contributed by atoms with Crippen LogP contribution in [0.5, 0.6) is 0 Å².